The topological polar surface area (TPSA) is 172 Å². The Bertz CT molecular complexity index is 7790. The summed E-state index contributed by atoms with van der Waals surface area (Å²) in [5.41, 5.74) is 33.8. The van der Waals surface area contributed by atoms with Crippen molar-refractivity contribution in [1.82, 2.24) is 24.8 Å². The Morgan fingerprint density at radius 2 is 0.940 bits per heavy atom. The molecule has 3 aliphatic carbocycles. The molecule has 1 atom stereocenters. The van der Waals surface area contributed by atoms with E-state index in [2.05, 4.69) is 317 Å². The van der Waals surface area contributed by atoms with Crippen LogP contribution < -0.4 is 11.1 Å². The lowest BCUT2D eigenvalue weighted by atomic mass is 9.82. The average Bonchev–Trinajstić information content (AvgIpc) is 1.04. The van der Waals surface area contributed by atoms with E-state index in [9.17, 15) is 14.4 Å². The molecule has 4 aliphatic rings. The number of nitrogen functional groups attached to an aromatic ring is 1. The first kappa shape index (κ1) is 91.0. The third-order valence-corrected chi connectivity index (χ3v) is 25.6. The summed E-state index contributed by atoms with van der Waals surface area (Å²) in [4.78, 5) is 51.7. The third-order valence-electron chi connectivity index (χ3n) is 24.1. The molecular weight excluding hydrogens is 1860 g/mol. The standard InChI is InChI=1S/C30H20N2.C24H19BrN2.C24H15BrN2.C17H14O.C10H10O.C7H7BrN2.C7H6O.ClH/c1-2-8-22(9-3-1)32-29-13-7-5-11-24(29)26-19-21(15-17-30(26)32)20-14-16-28-25(18-20)23-10-4-6-12-27(23)31-28;2*25-19-11-6-10-18(15-19)24-26-21-14-13-16-7-4-5-12-20(16)22(21)23(27-24)17-8-2-1-3-9-17;18-17-11-10-14-8-4-5-9-15(14)16(17)12-13-6-2-1-3-7-13;11-10-6-5-8-3-1-2-4-9(8)7-10;8-6-3-1-2-5(4-6)7(9)10;8-6-7-4-2-1-3-5-7;/h1-19,31H;1-12,15,23H,13-14H2,(H,26,27);1-15H;1-9,12H,10-11H2;1-4H,5-7H2;1-4H,(H3,9,10);1-6H;1H/b;;;16-12+;;;;. The number of carbonyl (C=O) groups is 3. The number of allylic oxidation sites excluding steroid dienone is 2. The number of para-hydroxylation sites is 3. The molecule has 5 N–H and O–H groups in total. The van der Waals surface area contributed by atoms with Gasteiger partial charge in [0.15, 0.2) is 11.6 Å². The maximum absolute atomic E-state index is 12.1. The molecule has 0 saturated heterocycles. The molecule has 20 aromatic rings. The minimum absolute atomic E-state index is 0. The molecule has 3 aromatic heterocycles. The van der Waals surface area contributed by atoms with Crippen molar-refractivity contribution in [3.8, 4) is 39.5 Å². The van der Waals surface area contributed by atoms with Crippen molar-refractivity contribution in [2.75, 3.05) is 0 Å². The number of hydrogen-bond donors (Lipinski definition) is 4. The van der Waals surface area contributed by atoms with E-state index in [1.807, 2.05) is 152 Å². The van der Waals surface area contributed by atoms with Crippen LogP contribution in [0.15, 0.2) is 443 Å². The predicted molar refractivity (Wildman–Crippen MR) is 568 cm³/mol. The Hall–Kier alpha value is -14.9. The van der Waals surface area contributed by atoms with Crippen molar-refractivity contribution in [3.63, 3.8) is 0 Å². The lowest BCUT2D eigenvalue weighted by molar-refractivity contribution is -0.118. The first-order valence-corrected chi connectivity index (χ1v) is 46.8. The largest absolute Gasteiger partial charge is 0.384 e. The summed E-state index contributed by atoms with van der Waals surface area (Å²) in [6.07, 6.45) is 8.72. The molecule has 15 heteroatoms. The zero-order valence-corrected chi connectivity index (χ0v) is 78.7. The first-order valence-electron chi connectivity index (χ1n) is 44.4. The van der Waals surface area contributed by atoms with E-state index >= 15 is 0 Å². The molecule has 0 spiro atoms. The first-order chi connectivity index (χ1) is 65.3. The summed E-state index contributed by atoms with van der Waals surface area (Å²) in [6, 6.07) is 143. The third kappa shape index (κ3) is 21.2. The molecule has 0 fully saturated rings. The van der Waals surface area contributed by atoms with Crippen LogP contribution in [0.5, 0.6) is 0 Å². The van der Waals surface area contributed by atoms with Gasteiger partial charge in [-0.1, -0.05) is 375 Å². The van der Waals surface area contributed by atoms with Gasteiger partial charge in [0.05, 0.1) is 22.2 Å². The summed E-state index contributed by atoms with van der Waals surface area (Å²) in [5, 5.41) is 19.3. The molecule has 11 nitrogen and oxygen atoms in total. The van der Waals surface area contributed by atoms with Crippen LogP contribution in [-0.2, 0) is 35.3 Å². The van der Waals surface area contributed by atoms with Crippen LogP contribution >= 0.6 is 60.2 Å². The van der Waals surface area contributed by atoms with Gasteiger partial charge in [-0.25, -0.2) is 9.97 Å². The highest BCUT2D eigenvalue weighted by atomic mass is 79.9. The molecule has 0 amide bonds. The molecule has 654 valence electrons. The number of ketones is 2. The monoisotopic (exact) mass is 1950 g/mol. The van der Waals surface area contributed by atoms with E-state index in [1.165, 1.54) is 116 Å². The molecule has 17 aromatic carbocycles. The van der Waals surface area contributed by atoms with Gasteiger partial charge in [0.25, 0.3) is 0 Å². The number of aryl methyl sites for hydroxylation is 3. The summed E-state index contributed by atoms with van der Waals surface area (Å²) in [5.74, 6) is 2.41. The Balaban J connectivity index is 0.000000114. The Morgan fingerprint density at radius 1 is 0.410 bits per heavy atom. The van der Waals surface area contributed by atoms with Gasteiger partial charge >= 0.3 is 0 Å². The number of amidine groups is 2. The van der Waals surface area contributed by atoms with E-state index in [0.717, 1.165) is 125 Å². The van der Waals surface area contributed by atoms with E-state index in [0.29, 0.717) is 18.6 Å². The van der Waals surface area contributed by atoms with Gasteiger partial charge in [0, 0.05) is 121 Å². The highest BCUT2D eigenvalue weighted by Crippen LogP contribution is 2.45. The summed E-state index contributed by atoms with van der Waals surface area (Å²) >= 11 is 10.4. The summed E-state index contributed by atoms with van der Waals surface area (Å²) in [6.45, 7) is 0. The Labute approximate surface area is 810 Å². The number of hydrogen-bond acceptors (Lipinski definition) is 8. The molecule has 4 heterocycles. The number of aromatic amines is 1. The quantitative estimate of drug-likeness (QED) is 0.0366. The van der Waals surface area contributed by atoms with Crippen molar-refractivity contribution in [1.29, 1.82) is 5.41 Å². The maximum Gasteiger partial charge on any atom is 0.163 e. The molecule has 0 radical (unpaired) electrons. The normalized spacial score (nSPS) is 13.5. The molecule has 1 unspecified atom stereocenters. The van der Waals surface area contributed by atoms with E-state index in [4.69, 9.17) is 26.1 Å². The number of fused-ring (bicyclic) bond motifs is 13. The van der Waals surface area contributed by atoms with Crippen LogP contribution in [0.25, 0.3) is 122 Å². The highest BCUT2D eigenvalue weighted by molar-refractivity contribution is 9.11. The van der Waals surface area contributed by atoms with Crippen molar-refractivity contribution in [3.05, 3.63) is 499 Å². The number of halogens is 4. The van der Waals surface area contributed by atoms with Gasteiger partial charge in [-0.05, 0) is 189 Å². The van der Waals surface area contributed by atoms with Gasteiger partial charge in [-0.15, -0.1) is 12.4 Å². The molecule has 134 heavy (non-hydrogen) atoms. The number of nitrogens with two attached hydrogens (primary N) is 1. The fraction of sp³-hybridized carbons (Fsp3) is 0.0672. The van der Waals surface area contributed by atoms with Crippen LogP contribution in [0.2, 0.25) is 0 Å². The van der Waals surface area contributed by atoms with Crippen LogP contribution in [0.1, 0.15) is 91.3 Å². The fourth-order valence-electron chi connectivity index (χ4n) is 17.7. The summed E-state index contributed by atoms with van der Waals surface area (Å²) in [7, 11) is 0. The van der Waals surface area contributed by atoms with Gasteiger partial charge in [0.2, 0.25) is 0 Å². The average molecular weight is 1960 g/mol. The predicted octanol–water partition coefficient (Wildman–Crippen LogP) is 30.0. The van der Waals surface area contributed by atoms with E-state index < -0.39 is 0 Å². The van der Waals surface area contributed by atoms with Crippen LogP contribution in [-0.4, -0.2) is 49.0 Å². The number of carbonyl (C=O) groups excluding carboxylic acids is 3. The number of benzene rings is 17. The Morgan fingerprint density at radius 3 is 1.63 bits per heavy atom. The molecule has 1 aliphatic heterocycles. The smallest absolute Gasteiger partial charge is 0.163 e. The van der Waals surface area contributed by atoms with Crippen molar-refractivity contribution in [2.24, 2.45) is 10.7 Å². The number of rotatable bonds is 9. The van der Waals surface area contributed by atoms with Crippen molar-refractivity contribution >= 4 is 172 Å². The van der Waals surface area contributed by atoms with Gasteiger partial charge in [-0.3, -0.25) is 24.8 Å². The van der Waals surface area contributed by atoms with E-state index in [1.54, 1.807) is 18.2 Å². The SMILES string of the molecule is Brc1cccc(-c2nc(-c3ccccc3)c3c(ccc4ccccc43)n2)c1.Brc1cccc(C2=NC(c3ccccc3)C3=C(CCc4ccccc43)N2)c1.Cl.N=C(N)c1cccc(Br)c1.O=C1CCc2ccccc2/C1=C\c1ccccc1.O=C1CCc2ccccc2C1.O=Cc1ccccc1.c1ccc(-n2c3ccccc3c3cc(-c4ccc5[nH]c6ccccc6c5c4)ccc32)cc1. The van der Waals surface area contributed by atoms with E-state index in [-0.39, 0.29) is 30.1 Å². The lowest BCUT2D eigenvalue weighted by Crippen LogP contribution is -2.32. The minimum Gasteiger partial charge on any atom is -0.384 e. The number of H-pyrrole nitrogens is 1. The second-order valence-corrected chi connectivity index (χ2v) is 35.5. The van der Waals surface area contributed by atoms with Crippen LogP contribution in [0.3, 0.4) is 0 Å². The lowest BCUT2D eigenvalue weighted by Gasteiger charge is -2.33. The number of aldehydes is 1. The van der Waals surface area contributed by atoms with Crippen molar-refractivity contribution < 1.29 is 14.4 Å². The number of aliphatic imine (C=N–C) groups is 1. The van der Waals surface area contributed by atoms with Gasteiger partial charge in [0.1, 0.15) is 29.8 Å². The summed E-state index contributed by atoms with van der Waals surface area (Å²) < 4.78 is 5.38. The van der Waals surface area contributed by atoms with Gasteiger partial charge in [-0.2, -0.15) is 0 Å². The minimum atomic E-state index is 0. The second kappa shape index (κ2) is 43.0. The molecule has 0 bridgehead atoms. The molecular formula is C119H92Br3ClN8O3. The zero-order valence-electron chi connectivity index (χ0n) is 73.2. The number of aromatic nitrogens is 4. The molecule has 24 rings (SSSR count). The number of Topliss-reactive ketones (excluding diaryl/α,β-unsaturated/α-hetero) is 2. The maximum atomic E-state index is 12.1. The Kier molecular flexibility index (Phi) is 29.2. The van der Waals surface area contributed by atoms with Gasteiger partial charge < -0.3 is 20.6 Å². The fourth-order valence-corrected chi connectivity index (χ4v) is 18.9. The number of nitrogens with zero attached hydrogens (tertiary/aromatic N) is 4. The number of nitrogens with one attached hydrogen (secondary N) is 3. The zero-order chi connectivity index (χ0) is 90.9. The van der Waals surface area contributed by atoms with Crippen LogP contribution in [0, 0.1) is 5.41 Å². The highest BCUT2D eigenvalue weighted by Gasteiger charge is 2.32. The molecule has 0 saturated carbocycles. The van der Waals surface area contributed by atoms with Crippen LogP contribution in [0.4, 0.5) is 0 Å². The second-order valence-electron chi connectivity index (χ2n) is 32.8. The van der Waals surface area contributed by atoms with Crippen molar-refractivity contribution in [2.45, 2.75) is 51.0 Å².